The smallest absolute Gasteiger partial charge is 0.271 e. The zero-order valence-electron chi connectivity index (χ0n) is 21.7. The summed E-state index contributed by atoms with van der Waals surface area (Å²) in [6, 6.07) is 30.6. The number of nitrogens with one attached hydrogen (secondary N) is 2. The third-order valence-corrected chi connectivity index (χ3v) is 7.36. The first-order chi connectivity index (χ1) is 18.9. The summed E-state index contributed by atoms with van der Waals surface area (Å²) in [5, 5.41) is 4.04. The van der Waals surface area contributed by atoms with Gasteiger partial charge in [0.15, 0.2) is 0 Å². The maximum absolute atomic E-state index is 12.9. The van der Waals surface area contributed by atoms with Crippen LogP contribution in [0.2, 0.25) is 0 Å². The normalized spacial score (nSPS) is 11.2. The van der Waals surface area contributed by atoms with E-state index < -0.39 is 15.9 Å². The number of ether oxygens (including phenoxy) is 1. The van der Waals surface area contributed by atoms with E-state index in [0.29, 0.717) is 11.4 Å². The molecule has 0 bridgehead atoms. The monoisotopic (exact) mass is 542 g/mol. The average molecular weight is 543 g/mol. The Balaban J connectivity index is 1.39. The molecule has 9 heteroatoms. The van der Waals surface area contributed by atoms with Crippen molar-refractivity contribution in [1.82, 2.24) is 5.43 Å². The average Bonchev–Trinajstić information content (AvgIpc) is 2.97. The van der Waals surface area contributed by atoms with Gasteiger partial charge in [0.1, 0.15) is 5.75 Å². The highest BCUT2D eigenvalue weighted by molar-refractivity contribution is 7.92. The molecule has 4 rings (SSSR count). The first-order valence-corrected chi connectivity index (χ1v) is 13.9. The number of sulfonamides is 1. The van der Waals surface area contributed by atoms with Gasteiger partial charge < -0.3 is 9.64 Å². The van der Waals surface area contributed by atoms with Crippen molar-refractivity contribution in [2.45, 2.75) is 18.4 Å². The number of carbonyl (C=O) groups excluding carboxylic acids is 1. The van der Waals surface area contributed by atoms with Gasteiger partial charge in [-0.05, 0) is 60.5 Å². The molecule has 0 fully saturated rings. The highest BCUT2D eigenvalue weighted by Crippen LogP contribution is 2.26. The van der Waals surface area contributed by atoms with E-state index in [-0.39, 0.29) is 10.5 Å². The molecule has 0 aliphatic heterocycles. The third kappa shape index (κ3) is 7.24. The number of hydrogen-bond donors (Lipinski definition) is 2. The number of nitrogens with zero attached hydrogens (tertiary/aromatic N) is 2. The fourth-order valence-corrected chi connectivity index (χ4v) is 5.04. The van der Waals surface area contributed by atoms with E-state index in [1.807, 2.05) is 42.5 Å². The van der Waals surface area contributed by atoms with Crippen LogP contribution in [0.4, 0.5) is 11.4 Å². The van der Waals surface area contributed by atoms with Crippen molar-refractivity contribution in [3.05, 3.63) is 120 Å². The summed E-state index contributed by atoms with van der Waals surface area (Å²) in [6.45, 7) is 3.79. The summed E-state index contributed by atoms with van der Waals surface area (Å²) < 4.78 is 33.5. The van der Waals surface area contributed by atoms with E-state index in [0.717, 1.165) is 24.3 Å². The van der Waals surface area contributed by atoms with Gasteiger partial charge in [0.05, 0.1) is 23.9 Å². The lowest BCUT2D eigenvalue weighted by Gasteiger charge is -2.23. The van der Waals surface area contributed by atoms with Crippen molar-refractivity contribution in [3.8, 4) is 5.75 Å². The number of rotatable bonds is 11. The Morgan fingerprint density at radius 1 is 0.923 bits per heavy atom. The number of anilines is 2. The fraction of sp³-hybridized carbons (Fsp3) is 0.133. The molecular weight excluding hydrogens is 512 g/mol. The second-order valence-electron chi connectivity index (χ2n) is 8.62. The molecule has 0 atom stereocenters. The number of hydrazone groups is 1. The predicted octanol–water partition coefficient (Wildman–Crippen LogP) is 5.29. The van der Waals surface area contributed by atoms with Crippen LogP contribution in [0.1, 0.15) is 28.4 Å². The minimum Gasteiger partial charge on any atom is -0.495 e. The van der Waals surface area contributed by atoms with Crippen molar-refractivity contribution < 1.29 is 17.9 Å². The molecule has 0 saturated heterocycles. The number of hydrogen-bond acceptors (Lipinski definition) is 6. The standard InChI is InChI=1S/C30H30N4O4S/c1-3-34(22-24-10-5-4-6-11-24)26-18-16-23(17-19-26)21-31-32-30(35)25-12-9-13-27(20-25)39(36,37)33-28-14-7-8-15-29(28)38-2/h4-21,33H,3,22H2,1-2H3,(H,32,35)/b31-21+. The first kappa shape index (κ1) is 27.4. The van der Waals surface area contributed by atoms with Crippen molar-refractivity contribution in [3.63, 3.8) is 0 Å². The summed E-state index contributed by atoms with van der Waals surface area (Å²) in [5.41, 5.74) is 6.05. The Morgan fingerprint density at radius 3 is 2.36 bits per heavy atom. The van der Waals surface area contributed by atoms with Crippen LogP contribution in [0.3, 0.4) is 0 Å². The highest BCUT2D eigenvalue weighted by Gasteiger charge is 2.18. The van der Waals surface area contributed by atoms with Crippen molar-refractivity contribution in [1.29, 1.82) is 0 Å². The molecule has 0 aliphatic carbocycles. The maximum Gasteiger partial charge on any atom is 0.271 e. The van der Waals surface area contributed by atoms with Crippen LogP contribution in [0, 0.1) is 0 Å². The Kier molecular flexibility index (Phi) is 8.96. The molecule has 200 valence electrons. The van der Waals surface area contributed by atoms with Gasteiger partial charge in [-0.3, -0.25) is 9.52 Å². The lowest BCUT2D eigenvalue weighted by molar-refractivity contribution is 0.0955. The summed E-state index contributed by atoms with van der Waals surface area (Å²) in [5.74, 6) is -0.145. The summed E-state index contributed by atoms with van der Waals surface area (Å²) in [6.07, 6.45) is 1.54. The Hall–Kier alpha value is -4.63. The summed E-state index contributed by atoms with van der Waals surface area (Å²) >= 11 is 0. The van der Waals surface area contributed by atoms with E-state index in [1.54, 1.807) is 30.5 Å². The summed E-state index contributed by atoms with van der Waals surface area (Å²) in [4.78, 5) is 14.9. The van der Waals surface area contributed by atoms with Gasteiger partial charge >= 0.3 is 0 Å². The maximum atomic E-state index is 12.9. The predicted molar refractivity (Wildman–Crippen MR) is 155 cm³/mol. The zero-order valence-corrected chi connectivity index (χ0v) is 22.6. The SMILES string of the molecule is CCN(Cc1ccccc1)c1ccc(/C=N/NC(=O)c2cccc(S(=O)(=O)Nc3ccccc3OC)c2)cc1. The lowest BCUT2D eigenvalue weighted by atomic mass is 10.1. The van der Waals surface area contributed by atoms with Gasteiger partial charge in [-0.2, -0.15) is 5.10 Å². The number of benzene rings is 4. The summed E-state index contributed by atoms with van der Waals surface area (Å²) in [7, 11) is -2.49. The molecule has 0 heterocycles. The molecule has 0 radical (unpaired) electrons. The van der Waals surface area contributed by atoms with Crippen molar-refractivity contribution >= 4 is 33.5 Å². The van der Waals surface area contributed by atoms with Crippen LogP contribution in [0.25, 0.3) is 0 Å². The van der Waals surface area contributed by atoms with E-state index in [9.17, 15) is 13.2 Å². The van der Waals surface area contributed by atoms with E-state index in [1.165, 1.54) is 36.9 Å². The van der Waals surface area contributed by atoms with Crippen molar-refractivity contribution in [2.75, 3.05) is 23.3 Å². The van der Waals surface area contributed by atoms with E-state index in [2.05, 4.69) is 39.2 Å². The van der Waals surface area contributed by atoms with Crippen LogP contribution in [-0.4, -0.2) is 34.2 Å². The van der Waals surface area contributed by atoms with Gasteiger partial charge in [0, 0.05) is 24.3 Å². The molecule has 39 heavy (non-hydrogen) atoms. The molecule has 2 N–H and O–H groups in total. The minimum atomic E-state index is -3.95. The lowest BCUT2D eigenvalue weighted by Crippen LogP contribution is -2.21. The van der Waals surface area contributed by atoms with E-state index in [4.69, 9.17) is 4.74 Å². The van der Waals surface area contributed by atoms with Crippen molar-refractivity contribution in [2.24, 2.45) is 5.10 Å². The molecule has 1 amide bonds. The van der Waals surface area contributed by atoms with Crippen LogP contribution < -0.4 is 19.8 Å². The fourth-order valence-electron chi connectivity index (χ4n) is 3.93. The van der Waals surface area contributed by atoms with Crippen LogP contribution >= 0.6 is 0 Å². The Bertz CT molecular complexity index is 1540. The number of para-hydroxylation sites is 2. The first-order valence-electron chi connectivity index (χ1n) is 12.4. The Labute approximate surface area is 229 Å². The zero-order chi connectivity index (χ0) is 27.7. The molecular formula is C30H30N4O4S. The molecule has 4 aromatic rings. The second kappa shape index (κ2) is 12.7. The molecule has 0 saturated carbocycles. The molecule has 4 aromatic carbocycles. The minimum absolute atomic E-state index is 0.0587. The van der Waals surface area contributed by atoms with Gasteiger partial charge in [-0.25, -0.2) is 13.8 Å². The molecule has 0 unspecified atom stereocenters. The quantitative estimate of drug-likeness (QED) is 0.198. The largest absolute Gasteiger partial charge is 0.495 e. The van der Waals surface area contributed by atoms with Crippen LogP contribution in [0.15, 0.2) is 113 Å². The van der Waals surface area contributed by atoms with Crippen LogP contribution in [0.5, 0.6) is 5.75 Å². The van der Waals surface area contributed by atoms with Crippen LogP contribution in [-0.2, 0) is 16.6 Å². The van der Waals surface area contributed by atoms with Gasteiger partial charge in [0.25, 0.3) is 15.9 Å². The van der Waals surface area contributed by atoms with Gasteiger partial charge in [-0.1, -0.05) is 60.7 Å². The number of methoxy groups -OCH3 is 1. The third-order valence-electron chi connectivity index (χ3n) is 5.99. The number of amides is 1. The number of carbonyl (C=O) groups is 1. The molecule has 0 aromatic heterocycles. The molecule has 0 aliphatic rings. The van der Waals surface area contributed by atoms with Gasteiger partial charge in [-0.15, -0.1) is 0 Å². The topological polar surface area (TPSA) is 100 Å². The molecule has 0 spiro atoms. The van der Waals surface area contributed by atoms with Gasteiger partial charge in [0.2, 0.25) is 0 Å². The van der Waals surface area contributed by atoms with E-state index >= 15 is 0 Å². The highest BCUT2D eigenvalue weighted by atomic mass is 32.2. The second-order valence-corrected chi connectivity index (χ2v) is 10.3. The Morgan fingerprint density at radius 2 is 1.64 bits per heavy atom. The molecule has 8 nitrogen and oxygen atoms in total.